The molecule has 0 saturated heterocycles. The summed E-state index contributed by atoms with van der Waals surface area (Å²) >= 11 is 7.25. The summed E-state index contributed by atoms with van der Waals surface area (Å²) in [6.07, 6.45) is 2.40. The molecule has 0 bridgehead atoms. The van der Waals surface area contributed by atoms with E-state index in [2.05, 4.69) is 21.7 Å². The Kier molecular flexibility index (Phi) is 4.63. The van der Waals surface area contributed by atoms with Crippen molar-refractivity contribution in [2.75, 3.05) is 5.75 Å². The molecule has 0 unspecified atom stereocenters. The van der Waals surface area contributed by atoms with Gasteiger partial charge in [-0.25, -0.2) is 0 Å². The second-order valence-corrected chi connectivity index (χ2v) is 7.84. The maximum atomic E-state index is 12.6. The molecular formula is C19H18ClN3O2S. The number of aryl methyl sites for hydroxylation is 1. The van der Waals surface area contributed by atoms with Crippen molar-refractivity contribution in [1.82, 2.24) is 14.8 Å². The molecule has 0 amide bonds. The van der Waals surface area contributed by atoms with E-state index in [9.17, 15) is 4.79 Å². The first-order valence-electron chi connectivity index (χ1n) is 8.47. The molecule has 26 heavy (non-hydrogen) atoms. The van der Waals surface area contributed by atoms with Crippen LogP contribution in [0.15, 0.2) is 40.0 Å². The van der Waals surface area contributed by atoms with E-state index < -0.39 is 0 Å². The van der Waals surface area contributed by atoms with Crippen LogP contribution < -0.4 is 0 Å². The minimum Gasteiger partial charge on any atom is -0.411 e. The van der Waals surface area contributed by atoms with E-state index in [0.717, 1.165) is 22.5 Å². The normalized spacial score (nSPS) is 14.0. The minimum absolute atomic E-state index is 0.0810. The Morgan fingerprint density at radius 2 is 2.12 bits per heavy atom. The van der Waals surface area contributed by atoms with Crippen LogP contribution in [0.25, 0.3) is 11.5 Å². The molecule has 5 nitrogen and oxygen atoms in total. The molecule has 1 aliphatic carbocycles. The lowest BCUT2D eigenvalue weighted by molar-refractivity contribution is 0.102. The third-order valence-corrected chi connectivity index (χ3v) is 5.56. The van der Waals surface area contributed by atoms with Crippen LogP contribution >= 0.6 is 23.4 Å². The molecule has 1 aromatic carbocycles. The summed E-state index contributed by atoms with van der Waals surface area (Å²) in [5.74, 6) is 0.749. The summed E-state index contributed by atoms with van der Waals surface area (Å²) in [5.41, 5.74) is 3.76. The predicted octanol–water partition coefficient (Wildman–Crippen LogP) is 5.12. The van der Waals surface area contributed by atoms with E-state index in [1.54, 1.807) is 12.1 Å². The lowest BCUT2D eigenvalue weighted by Crippen LogP contribution is -2.05. The summed E-state index contributed by atoms with van der Waals surface area (Å²) in [4.78, 5) is 12.6. The smallest absolute Gasteiger partial charge is 0.277 e. The van der Waals surface area contributed by atoms with Gasteiger partial charge in [0, 0.05) is 33.6 Å². The highest BCUT2D eigenvalue weighted by Gasteiger charge is 2.28. The highest BCUT2D eigenvalue weighted by atomic mass is 35.5. The minimum atomic E-state index is 0.0810. The maximum absolute atomic E-state index is 12.6. The lowest BCUT2D eigenvalue weighted by Gasteiger charge is -2.07. The summed E-state index contributed by atoms with van der Waals surface area (Å²) in [5, 5.41) is 9.04. The van der Waals surface area contributed by atoms with Crippen LogP contribution in [0.2, 0.25) is 5.02 Å². The Balaban J connectivity index is 1.45. The fraction of sp³-hybridized carbons (Fsp3) is 0.316. The van der Waals surface area contributed by atoms with Crippen LogP contribution in [-0.4, -0.2) is 26.3 Å². The number of carbonyl (C=O) groups excluding carboxylic acids is 1. The van der Waals surface area contributed by atoms with Gasteiger partial charge in [-0.05, 0) is 51.0 Å². The van der Waals surface area contributed by atoms with Gasteiger partial charge >= 0.3 is 0 Å². The lowest BCUT2D eigenvalue weighted by atomic mass is 10.2. The number of rotatable bonds is 6. The molecule has 0 radical (unpaired) electrons. The number of carbonyl (C=O) groups is 1. The number of aromatic nitrogens is 3. The predicted molar refractivity (Wildman–Crippen MR) is 102 cm³/mol. The Bertz CT molecular complexity index is 975. The van der Waals surface area contributed by atoms with Crippen molar-refractivity contribution < 1.29 is 9.21 Å². The largest absolute Gasteiger partial charge is 0.411 e. The molecule has 1 aliphatic rings. The number of hydrogen-bond donors (Lipinski definition) is 0. The second kappa shape index (κ2) is 6.93. The van der Waals surface area contributed by atoms with Crippen molar-refractivity contribution in [2.24, 2.45) is 0 Å². The van der Waals surface area contributed by atoms with E-state index >= 15 is 0 Å². The molecule has 1 saturated carbocycles. The topological polar surface area (TPSA) is 60.9 Å². The van der Waals surface area contributed by atoms with Crippen molar-refractivity contribution >= 4 is 29.1 Å². The van der Waals surface area contributed by atoms with Gasteiger partial charge in [0.25, 0.3) is 5.22 Å². The van der Waals surface area contributed by atoms with E-state index in [4.69, 9.17) is 16.0 Å². The second-order valence-electron chi connectivity index (χ2n) is 6.48. The average Bonchev–Trinajstić information content (AvgIpc) is 3.24. The number of halogens is 1. The molecule has 3 aromatic rings. The zero-order valence-electron chi connectivity index (χ0n) is 14.5. The zero-order valence-corrected chi connectivity index (χ0v) is 16.1. The van der Waals surface area contributed by atoms with Gasteiger partial charge in [0.2, 0.25) is 5.89 Å². The van der Waals surface area contributed by atoms with Gasteiger partial charge in [0.15, 0.2) is 5.78 Å². The van der Waals surface area contributed by atoms with Crippen molar-refractivity contribution in [3.8, 4) is 11.5 Å². The molecule has 7 heteroatoms. The molecule has 2 heterocycles. The van der Waals surface area contributed by atoms with Crippen LogP contribution in [0.3, 0.4) is 0 Å². The number of Topliss-reactive ketones (excluding diaryl/α,β-unsaturated/α-hetero) is 1. The van der Waals surface area contributed by atoms with Crippen molar-refractivity contribution in [2.45, 2.75) is 38.0 Å². The number of benzene rings is 1. The van der Waals surface area contributed by atoms with E-state index in [0.29, 0.717) is 22.2 Å². The van der Waals surface area contributed by atoms with E-state index in [1.165, 1.54) is 24.6 Å². The number of nitrogens with zero attached hydrogens (tertiary/aromatic N) is 3. The van der Waals surface area contributed by atoms with Crippen molar-refractivity contribution in [1.29, 1.82) is 0 Å². The van der Waals surface area contributed by atoms with Gasteiger partial charge in [-0.2, -0.15) is 0 Å². The molecular weight excluding hydrogens is 370 g/mol. The van der Waals surface area contributed by atoms with Crippen LogP contribution in [0, 0.1) is 13.8 Å². The van der Waals surface area contributed by atoms with Gasteiger partial charge in [-0.1, -0.05) is 29.4 Å². The van der Waals surface area contributed by atoms with Crippen molar-refractivity contribution in [3.63, 3.8) is 0 Å². The van der Waals surface area contributed by atoms with Gasteiger partial charge < -0.3 is 8.98 Å². The molecule has 134 valence electrons. The molecule has 0 spiro atoms. The first-order valence-corrected chi connectivity index (χ1v) is 9.83. The number of thioether (sulfide) groups is 1. The Morgan fingerprint density at radius 3 is 2.85 bits per heavy atom. The molecule has 0 atom stereocenters. The SMILES string of the molecule is Cc1cc(C(=O)CSc2nnc(-c3cccc(Cl)c3)o2)c(C)n1C1CC1. The van der Waals surface area contributed by atoms with Crippen LogP contribution in [0.4, 0.5) is 0 Å². The molecule has 2 aromatic heterocycles. The van der Waals surface area contributed by atoms with Gasteiger partial charge in [0.1, 0.15) is 0 Å². The molecule has 4 rings (SSSR count). The number of hydrogen-bond acceptors (Lipinski definition) is 5. The molecule has 0 N–H and O–H groups in total. The van der Waals surface area contributed by atoms with Crippen LogP contribution in [0.5, 0.6) is 0 Å². The third kappa shape index (κ3) is 3.44. The first kappa shape index (κ1) is 17.4. The van der Waals surface area contributed by atoms with Gasteiger partial charge in [-0.15, -0.1) is 10.2 Å². The molecule has 1 fully saturated rings. The third-order valence-electron chi connectivity index (χ3n) is 4.50. The van der Waals surface area contributed by atoms with Crippen LogP contribution in [0.1, 0.15) is 40.6 Å². The highest BCUT2D eigenvalue weighted by molar-refractivity contribution is 7.99. The summed E-state index contributed by atoms with van der Waals surface area (Å²) in [6, 6.07) is 9.79. The zero-order chi connectivity index (χ0) is 18.3. The van der Waals surface area contributed by atoms with Crippen molar-refractivity contribution in [3.05, 3.63) is 52.3 Å². The highest BCUT2D eigenvalue weighted by Crippen LogP contribution is 2.38. The van der Waals surface area contributed by atoms with E-state index in [-0.39, 0.29) is 11.5 Å². The molecule has 0 aliphatic heterocycles. The van der Waals surface area contributed by atoms with E-state index in [1.807, 2.05) is 25.1 Å². The quantitative estimate of drug-likeness (QED) is 0.434. The Hall–Kier alpha value is -2.05. The summed E-state index contributed by atoms with van der Waals surface area (Å²) in [6.45, 7) is 4.08. The maximum Gasteiger partial charge on any atom is 0.277 e. The average molecular weight is 388 g/mol. The Morgan fingerprint density at radius 1 is 1.31 bits per heavy atom. The summed E-state index contributed by atoms with van der Waals surface area (Å²) < 4.78 is 7.92. The number of ketones is 1. The van der Waals surface area contributed by atoms with Gasteiger partial charge in [-0.3, -0.25) is 4.79 Å². The Labute approximate surface area is 160 Å². The fourth-order valence-corrected chi connectivity index (χ4v) is 4.00. The summed E-state index contributed by atoms with van der Waals surface area (Å²) in [7, 11) is 0. The standard InChI is InChI=1S/C19H18ClN3O2S/c1-11-8-16(12(2)23(11)15-6-7-15)17(24)10-26-19-22-21-18(25-19)13-4-3-5-14(20)9-13/h3-5,8-9,15H,6-7,10H2,1-2H3. The van der Waals surface area contributed by atoms with Crippen LogP contribution in [-0.2, 0) is 0 Å². The first-order chi connectivity index (χ1) is 12.5. The van der Waals surface area contributed by atoms with Gasteiger partial charge in [0.05, 0.1) is 5.75 Å². The fourth-order valence-electron chi connectivity index (χ4n) is 3.17. The monoisotopic (exact) mass is 387 g/mol.